The largest absolute Gasteiger partial charge is 0.748 e. The van der Waals surface area contributed by atoms with Gasteiger partial charge in [-0.3, -0.25) is 0 Å². The number of aromatic nitrogens is 1. The Morgan fingerprint density at radius 2 is 1.66 bits per heavy atom. The van der Waals surface area contributed by atoms with Gasteiger partial charge in [0.2, 0.25) is 5.36 Å². The van der Waals surface area contributed by atoms with Gasteiger partial charge in [0.15, 0.2) is 11.3 Å². The van der Waals surface area contributed by atoms with E-state index in [0.29, 0.717) is 6.26 Å². The third kappa shape index (κ3) is 6.27. The SMILES string of the molecule is CCN(CC)c1ccc2nc3ccc(=[N+](CC)CC)cc-3oc2c1.CS(=O)(=O)[O-]. The molecular weight excluding hydrogens is 390 g/mol. The number of fused-ring (bicyclic) bond motifs is 2. The Kier molecular flexibility index (Phi) is 7.75. The van der Waals surface area contributed by atoms with Crippen LogP contribution < -0.4 is 14.8 Å². The number of hydrogen-bond donors (Lipinski definition) is 0. The first-order valence-corrected chi connectivity index (χ1v) is 11.6. The lowest BCUT2D eigenvalue weighted by Crippen LogP contribution is -2.29. The van der Waals surface area contributed by atoms with Crippen molar-refractivity contribution < 1.29 is 17.4 Å². The molecule has 0 saturated heterocycles. The van der Waals surface area contributed by atoms with Crippen molar-refractivity contribution in [3.8, 4) is 11.5 Å². The lowest BCUT2D eigenvalue weighted by Gasteiger charge is -2.21. The molecule has 29 heavy (non-hydrogen) atoms. The van der Waals surface area contributed by atoms with Gasteiger partial charge < -0.3 is 13.9 Å². The minimum atomic E-state index is -3.92. The average molecular weight is 420 g/mol. The summed E-state index contributed by atoms with van der Waals surface area (Å²) in [6, 6.07) is 12.5. The lowest BCUT2D eigenvalue weighted by molar-refractivity contribution is 0.470. The molecule has 0 atom stereocenters. The second kappa shape index (κ2) is 9.84. The van der Waals surface area contributed by atoms with Crippen molar-refractivity contribution in [3.63, 3.8) is 0 Å². The van der Waals surface area contributed by atoms with Crippen LogP contribution in [0.15, 0.2) is 40.8 Å². The Hall–Kier alpha value is -2.45. The molecule has 0 saturated carbocycles. The maximum absolute atomic E-state index is 9.08. The molecule has 1 aromatic carbocycles. The molecule has 0 aromatic heterocycles. The van der Waals surface area contributed by atoms with Crippen molar-refractivity contribution in [2.45, 2.75) is 27.7 Å². The summed E-state index contributed by atoms with van der Waals surface area (Å²) >= 11 is 0. The fraction of sp³-hybridized carbons (Fsp3) is 0.429. The number of rotatable bonds is 5. The molecule has 7 nitrogen and oxygen atoms in total. The van der Waals surface area contributed by atoms with Crippen LogP contribution in [0.2, 0.25) is 0 Å². The zero-order valence-electron chi connectivity index (χ0n) is 17.7. The first kappa shape index (κ1) is 22.8. The van der Waals surface area contributed by atoms with Crippen molar-refractivity contribution in [2.24, 2.45) is 0 Å². The molecule has 158 valence electrons. The van der Waals surface area contributed by atoms with Gasteiger partial charge >= 0.3 is 0 Å². The molecule has 2 aliphatic rings. The molecule has 3 rings (SSSR count). The van der Waals surface area contributed by atoms with Gasteiger partial charge in [-0.05, 0) is 45.9 Å². The minimum Gasteiger partial charge on any atom is -0.748 e. The van der Waals surface area contributed by atoms with Crippen LogP contribution in [0.5, 0.6) is 0 Å². The fourth-order valence-corrected chi connectivity index (χ4v) is 3.17. The van der Waals surface area contributed by atoms with Crippen molar-refractivity contribution in [3.05, 3.63) is 41.8 Å². The Morgan fingerprint density at radius 1 is 1.03 bits per heavy atom. The van der Waals surface area contributed by atoms with E-state index >= 15 is 0 Å². The minimum absolute atomic E-state index is 0.604. The van der Waals surface area contributed by atoms with E-state index in [-0.39, 0.29) is 0 Å². The zero-order valence-corrected chi connectivity index (χ0v) is 18.5. The summed E-state index contributed by atoms with van der Waals surface area (Å²) in [5, 5.41) is 1.18. The monoisotopic (exact) mass is 419 g/mol. The highest BCUT2D eigenvalue weighted by atomic mass is 32.2. The molecule has 0 radical (unpaired) electrons. The van der Waals surface area contributed by atoms with Gasteiger partial charge in [0.25, 0.3) is 0 Å². The Bertz CT molecular complexity index is 1090. The van der Waals surface area contributed by atoms with Gasteiger partial charge in [-0.15, -0.1) is 0 Å². The highest BCUT2D eigenvalue weighted by Crippen LogP contribution is 2.26. The lowest BCUT2D eigenvalue weighted by atomic mass is 10.2. The van der Waals surface area contributed by atoms with Crippen LogP contribution in [-0.4, -0.2) is 50.4 Å². The third-order valence-corrected chi connectivity index (χ3v) is 4.60. The smallest absolute Gasteiger partial charge is 0.203 e. The van der Waals surface area contributed by atoms with Crippen molar-refractivity contribution in [2.75, 3.05) is 37.3 Å². The Labute approximate surface area is 172 Å². The first-order valence-electron chi connectivity index (χ1n) is 9.78. The van der Waals surface area contributed by atoms with Crippen molar-refractivity contribution >= 4 is 26.9 Å². The molecule has 0 amide bonds. The second-order valence-electron chi connectivity index (χ2n) is 6.57. The van der Waals surface area contributed by atoms with Gasteiger partial charge in [-0.25, -0.2) is 18.0 Å². The summed E-state index contributed by atoms with van der Waals surface area (Å²) in [6.07, 6.45) is 0.604. The van der Waals surface area contributed by atoms with Crippen LogP contribution in [0.4, 0.5) is 5.69 Å². The topological polar surface area (TPSA) is 89.5 Å². The van der Waals surface area contributed by atoms with E-state index in [2.05, 4.69) is 61.4 Å². The molecule has 1 aliphatic heterocycles. The van der Waals surface area contributed by atoms with E-state index in [9.17, 15) is 0 Å². The number of nitrogens with zero attached hydrogens (tertiary/aromatic N) is 3. The van der Waals surface area contributed by atoms with Gasteiger partial charge in [-0.1, -0.05) is 0 Å². The molecule has 1 aromatic rings. The summed E-state index contributed by atoms with van der Waals surface area (Å²) < 4.78 is 35.7. The van der Waals surface area contributed by atoms with E-state index in [4.69, 9.17) is 22.4 Å². The normalized spacial score (nSPS) is 11.2. The van der Waals surface area contributed by atoms with E-state index in [1.807, 2.05) is 12.1 Å². The van der Waals surface area contributed by atoms with Crippen molar-refractivity contribution in [1.29, 1.82) is 0 Å². The quantitative estimate of drug-likeness (QED) is 0.359. The van der Waals surface area contributed by atoms with E-state index < -0.39 is 10.1 Å². The van der Waals surface area contributed by atoms with Gasteiger partial charge in [-0.2, -0.15) is 0 Å². The first-order chi connectivity index (χ1) is 13.7. The summed E-state index contributed by atoms with van der Waals surface area (Å²) in [4.78, 5) is 7.06. The zero-order chi connectivity index (χ0) is 21.6. The Balaban J connectivity index is 0.000000537. The van der Waals surface area contributed by atoms with E-state index in [0.717, 1.165) is 48.7 Å². The van der Waals surface area contributed by atoms with Crippen LogP contribution in [-0.2, 0) is 10.1 Å². The van der Waals surface area contributed by atoms with Crippen LogP contribution in [0.3, 0.4) is 0 Å². The summed E-state index contributed by atoms with van der Waals surface area (Å²) in [5.74, 6) is 0.837. The van der Waals surface area contributed by atoms with Crippen LogP contribution in [0, 0.1) is 0 Å². The summed E-state index contributed by atoms with van der Waals surface area (Å²) in [6.45, 7) is 12.6. The molecule has 8 heteroatoms. The van der Waals surface area contributed by atoms with Gasteiger partial charge in [0, 0.05) is 37.2 Å². The average Bonchev–Trinajstić information content (AvgIpc) is 2.67. The molecule has 0 bridgehead atoms. The Morgan fingerprint density at radius 3 is 2.21 bits per heavy atom. The van der Waals surface area contributed by atoms with Crippen LogP contribution in [0.1, 0.15) is 27.7 Å². The van der Waals surface area contributed by atoms with E-state index in [1.165, 1.54) is 11.0 Å². The molecule has 0 fully saturated rings. The predicted octanol–water partition coefficient (Wildman–Crippen LogP) is 2.75. The maximum atomic E-state index is 9.08. The van der Waals surface area contributed by atoms with Crippen LogP contribution in [0.25, 0.3) is 22.6 Å². The molecule has 1 aliphatic carbocycles. The highest BCUT2D eigenvalue weighted by molar-refractivity contribution is 7.84. The van der Waals surface area contributed by atoms with Crippen molar-refractivity contribution in [1.82, 2.24) is 9.56 Å². The van der Waals surface area contributed by atoms with Crippen LogP contribution >= 0.6 is 0 Å². The fourth-order valence-electron chi connectivity index (χ4n) is 3.17. The number of benzene rings is 2. The highest BCUT2D eigenvalue weighted by Gasteiger charge is 2.12. The number of anilines is 1. The van der Waals surface area contributed by atoms with Gasteiger partial charge in [0.05, 0.1) is 16.2 Å². The molecule has 1 heterocycles. The summed E-state index contributed by atoms with van der Waals surface area (Å²) in [7, 11) is -3.92. The maximum Gasteiger partial charge on any atom is 0.203 e. The predicted molar refractivity (Wildman–Crippen MR) is 116 cm³/mol. The third-order valence-electron chi connectivity index (χ3n) is 4.60. The second-order valence-corrected chi connectivity index (χ2v) is 7.97. The molecular formula is C21H29N3O4S. The standard InChI is InChI=1S/C20H26N3O.CH4O3S/c1-5-22(6-2)15-9-11-17-19(13-15)24-20-14-16(23(7-3)8-4)10-12-18(20)21-17;1-5(2,3)4/h9-14H,5-8H2,1-4H3;1H3,(H,2,3,4)/q+1;/p-1. The van der Waals surface area contributed by atoms with Gasteiger partial charge in [0.1, 0.15) is 24.3 Å². The van der Waals surface area contributed by atoms with E-state index in [1.54, 1.807) is 0 Å². The molecule has 0 N–H and O–H groups in total. The number of hydrogen-bond acceptors (Lipinski definition) is 6. The summed E-state index contributed by atoms with van der Waals surface area (Å²) in [5.41, 5.74) is 3.81. The molecule has 0 spiro atoms. The molecule has 0 unspecified atom stereocenters.